The van der Waals surface area contributed by atoms with E-state index in [0.29, 0.717) is 0 Å². The molecule has 0 spiro atoms. The first-order valence-corrected chi connectivity index (χ1v) is 5.66. The Morgan fingerprint density at radius 1 is 1.40 bits per heavy atom. The Hall–Kier alpha value is -1.02. The van der Waals surface area contributed by atoms with Crippen molar-refractivity contribution in [2.45, 2.75) is 19.3 Å². The number of benzene rings is 1. The van der Waals surface area contributed by atoms with Gasteiger partial charge in [-0.2, -0.15) is 0 Å². The Morgan fingerprint density at radius 3 is 2.93 bits per heavy atom. The Morgan fingerprint density at radius 2 is 2.20 bits per heavy atom. The maximum Gasteiger partial charge on any atom is 0.223 e. The Kier molecular flexibility index (Phi) is 3.27. The SMILES string of the molecule is O=C1NCCC[C@H]1Cc1ccccc1Cl. The molecular weight excluding hydrogens is 210 g/mol. The Labute approximate surface area is 94.6 Å². The van der Waals surface area contributed by atoms with E-state index in [4.69, 9.17) is 11.6 Å². The van der Waals surface area contributed by atoms with Crippen molar-refractivity contribution in [3.8, 4) is 0 Å². The molecule has 3 heteroatoms. The van der Waals surface area contributed by atoms with Gasteiger partial charge in [-0.25, -0.2) is 0 Å². The topological polar surface area (TPSA) is 29.1 Å². The van der Waals surface area contributed by atoms with Crippen molar-refractivity contribution in [1.82, 2.24) is 5.32 Å². The number of nitrogens with one attached hydrogen (secondary N) is 1. The first-order valence-electron chi connectivity index (χ1n) is 5.28. The largest absolute Gasteiger partial charge is 0.356 e. The molecule has 2 nitrogen and oxygen atoms in total. The highest BCUT2D eigenvalue weighted by molar-refractivity contribution is 6.31. The molecule has 15 heavy (non-hydrogen) atoms. The molecule has 80 valence electrons. The van der Waals surface area contributed by atoms with Crippen LogP contribution >= 0.6 is 11.6 Å². The van der Waals surface area contributed by atoms with E-state index in [2.05, 4.69) is 5.32 Å². The predicted octanol–water partition coefficient (Wildman–Crippen LogP) is 2.41. The second-order valence-electron chi connectivity index (χ2n) is 3.93. The summed E-state index contributed by atoms with van der Waals surface area (Å²) in [6.07, 6.45) is 2.80. The quantitative estimate of drug-likeness (QED) is 0.820. The number of carbonyl (C=O) groups is 1. The first-order chi connectivity index (χ1) is 7.27. The zero-order valence-corrected chi connectivity index (χ0v) is 9.26. The summed E-state index contributed by atoms with van der Waals surface area (Å²) in [5.74, 6) is 0.264. The molecule has 1 aromatic rings. The van der Waals surface area contributed by atoms with Gasteiger partial charge in [-0.3, -0.25) is 4.79 Å². The molecule has 0 unspecified atom stereocenters. The van der Waals surface area contributed by atoms with Crippen LogP contribution in [0.25, 0.3) is 0 Å². The van der Waals surface area contributed by atoms with Crippen LogP contribution in [0, 0.1) is 5.92 Å². The third kappa shape index (κ3) is 2.51. The summed E-state index contributed by atoms with van der Waals surface area (Å²) in [6, 6.07) is 7.73. The van der Waals surface area contributed by atoms with E-state index >= 15 is 0 Å². The van der Waals surface area contributed by atoms with Crippen molar-refractivity contribution < 1.29 is 4.79 Å². The van der Waals surface area contributed by atoms with Gasteiger partial charge in [0.1, 0.15) is 0 Å². The molecule has 1 heterocycles. The number of amides is 1. The number of rotatable bonds is 2. The molecular formula is C12H14ClNO. The van der Waals surface area contributed by atoms with Gasteiger partial charge in [0.25, 0.3) is 0 Å². The lowest BCUT2D eigenvalue weighted by Crippen LogP contribution is -2.37. The fraction of sp³-hybridized carbons (Fsp3) is 0.417. The summed E-state index contributed by atoms with van der Waals surface area (Å²) < 4.78 is 0. The van der Waals surface area contributed by atoms with Crippen LogP contribution < -0.4 is 5.32 Å². The van der Waals surface area contributed by atoms with Gasteiger partial charge in [-0.1, -0.05) is 29.8 Å². The summed E-state index contributed by atoms with van der Waals surface area (Å²) in [5, 5.41) is 3.65. The van der Waals surface area contributed by atoms with Crippen LogP contribution in [0.5, 0.6) is 0 Å². The van der Waals surface area contributed by atoms with Crippen LogP contribution in [0.3, 0.4) is 0 Å². The molecule has 0 bridgehead atoms. The van der Waals surface area contributed by atoms with Crippen molar-refractivity contribution in [2.75, 3.05) is 6.54 Å². The predicted molar refractivity (Wildman–Crippen MR) is 60.9 cm³/mol. The number of halogens is 1. The molecule has 0 aliphatic carbocycles. The van der Waals surface area contributed by atoms with Gasteiger partial charge < -0.3 is 5.32 Å². The normalized spacial score (nSPS) is 21.1. The van der Waals surface area contributed by atoms with Crippen molar-refractivity contribution in [3.05, 3.63) is 34.9 Å². The van der Waals surface area contributed by atoms with Crippen molar-refractivity contribution in [2.24, 2.45) is 5.92 Å². The maximum absolute atomic E-state index is 11.6. The van der Waals surface area contributed by atoms with E-state index in [9.17, 15) is 4.79 Å². The van der Waals surface area contributed by atoms with E-state index in [-0.39, 0.29) is 11.8 Å². The minimum atomic E-state index is 0.0960. The molecule has 1 aliphatic heterocycles. The van der Waals surface area contributed by atoms with Crippen LogP contribution in [-0.4, -0.2) is 12.5 Å². The first kappa shape index (κ1) is 10.5. The van der Waals surface area contributed by atoms with Gasteiger partial charge in [0.15, 0.2) is 0 Å². The monoisotopic (exact) mass is 223 g/mol. The van der Waals surface area contributed by atoms with Crippen LogP contribution in [-0.2, 0) is 11.2 Å². The lowest BCUT2D eigenvalue weighted by molar-refractivity contribution is -0.126. The van der Waals surface area contributed by atoms with Gasteiger partial charge in [0.2, 0.25) is 5.91 Å². The van der Waals surface area contributed by atoms with E-state index in [1.54, 1.807) is 0 Å². The molecule has 1 N–H and O–H groups in total. The Balaban J connectivity index is 2.08. The average molecular weight is 224 g/mol. The third-order valence-corrected chi connectivity index (χ3v) is 3.19. The fourth-order valence-corrected chi connectivity index (χ4v) is 2.17. The minimum Gasteiger partial charge on any atom is -0.356 e. The van der Waals surface area contributed by atoms with Crippen molar-refractivity contribution in [3.63, 3.8) is 0 Å². The highest BCUT2D eigenvalue weighted by Gasteiger charge is 2.22. The molecule has 0 aromatic heterocycles. The number of hydrogen-bond acceptors (Lipinski definition) is 1. The fourth-order valence-electron chi connectivity index (χ4n) is 1.96. The zero-order valence-electron chi connectivity index (χ0n) is 8.50. The van der Waals surface area contributed by atoms with Crippen LogP contribution in [0.15, 0.2) is 24.3 Å². The van der Waals surface area contributed by atoms with Gasteiger partial charge >= 0.3 is 0 Å². The highest BCUT2D eigenvalue weighted by atomic mass is 35.5. The minimum absolute atomic E-state index is 0.0960. The Bertz CT molecular complexity index is 364. The summed E-state index contributed by atoms with van der Waals surface area (Å²) in [4.78, 5) is 11.6. The van der Waals surface area contributed by atoms with E-state index < -0.39 is 0 Å². The van der Waals surface area contributed by atoms with Gasteiger partial charge in [0.05, 0.1) is 0 Å². The molecule has 0 saturated carbocycles. The molecule has 0 radical (unpaired) electrons. The second kappa shape index (κ2) is 4.67. The number of hydrogen-bond donors (Lipinski definition) is 1. The molecule has 1 aliphatic rings. The van der Waals surface area contributed by atoms with E-state index in [1.807, 2.05) is 24.3 Å². The second-order valence-corrected chi connectivity index (χ2v) is 4.33. The maximum atomic E-state index is 11.6. The van der Waals surface area contributed by atoms with Gasteiger partial charge in [0, 0.05) is 17.5 Å². The molecule has 2 rings (SSSR count). The summed E-state index contributed by atoms with van der Waals surface area (Å²) >= 11 is 6.06. The van der Waals surface area contributed by atoms with Crippen LogP contribution in [0.1, 0.15) is 18.4 Å². The van der Waals surface area contributed by atoms with Crippen molar-refractivity contribution in [1.29, 1.82) is 0 Å². The van der Waals surface area contributed by atoms with Gasteiger partial charge in [-0.05, 0) is 30.9 Å². The smallest absolute Gasteiger partial charge is 0.223 e. The summed E-state index contributed by atoms with van der Waals surface area (Å²) in [5.41, 5.74) is 1.07. The highest BCUT2D eigenvalue weighted by Crippen LogP contribution is 2.22. The molecule has 1 saturated heterocycles. The zero-order chi connectivity index (χ0) is 10.7. The molecule has 1 amide bonds. The van der Waals surface area contributed by atoms with Crippen LogP contribution in [0.2, 0.25) is 5.02 Å². The third-order valence-electron chi connectivity index (χ3n) is 2.82. The number of carbonyl (C=O) groups excluding carboxylic acids is 1. The van der Waals surface area contributed by atoms with E-state index in [0.717, 1.165) is 36.4 Å². The summed E-state index contributed by atoms with van der Waals surface area (Å²) in [6.45, 7) is 0.817. The molecule has 1 atom stereocenters. The lowest BCUT2D eigenvalue weighted by atomic mass is 9.91. The molecule has 1 aromatic carbocycles. The van der Waals surface area contributed by atoms with Crippen molar-refractivity contribution >= 4 is 17.5 Å². The summed E-state index contributed by atoms with van der Waals surface area (Å²) in [7, 11) is 0. The lowest BCUT2D eigenvalue weighted by Gasteiger charge is -2.22. The number of piperidine rings is 1. The molecule has 1 fully saturated rings. The van der Waals surface area contributed by atoms with Gasteiger partial charge in [-0.15, -0.1) is 0 Å². The average Bonchev–Trinajstić information content (AvgIpc) is 2.24. The van der Waals surface area contributed by atoms with E-state index in [1.165, 1.54) is 0 Å². The van der Waals surface area contributed by atoms with Crippen LogP contribution in [0.4, 0.5) is 0 Å². The standard InChI is InChI=1S/C12H14ClNO/c13-11-6-2-1-4-9(11)8-10-5-3-7-14-12(10)15/h1-2,4,6,10H,3,5,7-8H2,(H,14,15)/t10-/m0/s1.